The van der Waals surface area contributed by atoms with Crippen molar-refractivity contribution in [3.8, 4) is 0 Å². The minimum Gasteiger partial charge on any atom is -0.333 e. The van der Waals surface area contributed by atoms with Gasteiger partial charge in [-0.25, -0.2) is 4.98 Å². The van der Waals surface area contributed by atoms with E-state index in [2.05, 4.69) is 64.6 Å². The third-order valence-electron chi connectivity index (χ3n) is 3.29. The van der Waals surface area contributed by atoms with Gasteiger partial charge in [0, 0.05) is 30.0 Å². The van der Waals surface area contributed by atoms with Gasteiger partial charge in [-0.2, -0.15) is 0 Å². The standard InChI is InChI=1S/C16H19N3S/c1-12(2)17-7-14-9-19(11-18-14)8-13-10-20-16-6-4-3-5-15(13)16/h3-6,9-12,17H,7-8H2,1-2H3. The van der Waals surface area contributed by atoms with Gasteiger partial charge >= 0.3 is 0 Å². The molecule has 3 nitrogen and oxygen atoms in total. The van der Waals surface area contributed by atoms with Crippen molar-refractivity contribution in [1.82, 2.24) is 14.9 Å². The zero-order chi connectivity index (χ0) is 13.9. The van der Waals surface area contributed by atoms with Crippen LogP contribution in [0.1, 0.15) is 25.1 Å². The molecule has 0 atom stereocenters. The maximum absolute atomic E-state index is 4.45. The summed E-state index contributed by atoms with van der Waals surface area (Å²) in [5, 5.41) is 6.99. The first-order chi connectivity index (χ1) is 9.72. The minimum atomic E-state index is 0.487. The molecule has 2 aromatic heterocycles. The molecule has 20 heavy (non-hydrogen) atoms. The molecule has 1 N–H and O–H groups in total. The van der Waals surface area contributed by atoms with E-state index in [1.165, 1.54) is 15.6 Å². The predicted molar refractivity (Wildman–Crippen MR) is 85.1 cm³/mol. The molecule has 4 heteroatoms. The van der Waals surface area contributed by atoms with Gasteiger partial charge in [-0.05, 0) is 22.4 Å². The van der Waals surface area contributed by atoms with Crippen LogP contribution in [0.2, 0.25) is 0 Å². The van der Waals surface area contributed by atoms with Crippen molar-refractivity contribution in [2.45, 2.75) is 33.0 Å². The number of hydrogen-bond acceptors (Lipinski definition) is 3. The Labute approximate surface area is 123 Å². The molecule has 0 saturated carbocycles. The zero-order valence-electron chi connectivity index (χ0n) is 11.8. The molecule has 0 aliphatic carbocycles. The summed E-state index contributed by atoms with van der Waals surface area (Å²) in [5.41, 5.74) is 2.46. The molecule has 0 spiro atoms. The average Bonchev–Trinajstić information content (AvgIpc) is 3.05. The molecular formula is C16H19N3S. The molecule has 0 saturated heterocycles. The lowest BCUT2D eigenvalue weighted by molar-refractivity contribution is 0.582. The van der Waals surface area contributed by atoms with Crippen molar-refractivity contribution in [2.24, 2.45) is 0 Å². The van der Waals surface area contributed by atoms with E-state index in [-0.39, 0.29) is 0 Å². The Morgan fingerprint density at radius 3 is 3.00 bits per heavy atom. The van der Waals surface area contributed by atoms with Gasteiger partial charge in [0.15, 0.2) is 0 Å². The van der Waals surface area contributed by atoms with Crippen molar-refractivity contribution in [1.29, 1.82) is 0 Å². The second kappa shape index (κ2) is 5.77. The summed E-state index contributed by atoms with van der Waals surface area (Å²) in [4.78, 5) is 4.45. The maximum atomic E-state index is 4.45. The molecule has 104 valence electrons. The SMILES string of the molecule is CC(C)NCc1cn(Cc2csc3ccccc23)cn1. The number of nitrogens with one attached hydrogen (secondary N) is 1. The molecule has 3 aromatic rings. The van der Waals surface area contributed by atoms with E-state index in [1.807, 2.05) is 17.7 Å². The fourth-order valence-electron chi connectivity index (χ4n) is 2.24. The van der Waals surface area contributed by atoms with Crippen LogP contribution < -0.4 is 5.32 Å². The Morgan fingerprint density at radius 2 is 2.15 bits per heavy atom. The van der Waals surface area contributed by atoms with Crippen molar-refractivity contribution < 1.29 is 0 Å². The van der Waals surface area contributed by atoms with E-state index in [0.29, 0.717) is 6.04 Å². The summed E-state index contributed by atoms with van der Waals surface area (Å²) < 4.78 is 3.51. The quantitative estimate of drug-likeness (QED) is 0.775. The molecule has 0 fully saturated rings. The minimum absolute atomic E-state index is 0.487. The van der Waals surface area contributed by atoms with Crippen molar-refractivity contribution in [3.05, 3.63) is 53.4 Å². The molecule has 0 aliphatic heterocycles. The normalized spacial score (nSPS) is 11.6. The van der Waals surface area contributed by atoms with Crippen LogP contribution in [0, 0.1) is 0 Å². The lowest BCUT2D eigenvalue weighted by Gasteiger charge is -2.05. The van der Waals surface area contributed by atoms with Gasteiger partial charge in [0.2, 0.25) is 0 Å². The molecule has 0 radical (unpaired) electrons. The number of nitrogens with zero attached hydrogens (tertiary/aromatic N) is 2. The van der Waals surface area contributed by atoms with Crippen LogP contribution in [-0.2, 0) is 13.1 Å². The number of rotatable bonds is 5. The van der Waals surface area contributed by atoms with Crippen molar-refractivity contribution >= 4 is 21.4 Å². The van der Waals surface area contributed by atoms with Crippen LogP contribution in [-0.4, -0.2) is 15.6 Å². The van der Waals surface area contributed by atoms with Gasteiger partial charge in [-0.1, -0.05) is 32.0 Å². The van der Waals surface area contributed by atoms with Crippen LogP contribution >= 0.6 is 11.3 Å². The van der Waals surface area contributed by atoms with Crippen LogP contribution in [0.5, 0.6) is 0 Å². The number of benzene rings is 1. The Kier molecular flexibility index (Phi) is 3.85. The number of fused-ring (bicyclic) bond motifs is 1. The zero-order valence-corrected chi connectivity index (χ0v) is 12.7. The van der Waals surface area contributed by atoms with E-state index >= 15 is 0 Å². The highest BCUT2D eigenvalue weighted by molar-refractivity contribution is 7.17. The second-order valence-electron chi connectivity index (χ2n) is 5.33. The average molecular weight is 285 g/mol. The first-order valence-electron chi connectivity index (χ1n) is 6.91. The molecule has 0 aliphatic rings. The number of hydrogen-bond donors (Lipinski definition) is 1. The van der Waals surface area contributed by atoms with Crippen molar-refractivity contribution in [3.63, 3.8) is 0 Å². The molecular weight excluding hydrogens is 266 g/mol. The number of aromatic nitrogens is 2. The number of imidazole rings is 1. The highest BCUT2D eigenvalue weighted by atomic mass is 32.1. The Bertz CT molecular complexity index is 696. The Morgan fingerprint density at radius 1 is 1.30 bits per heavy atom. The third kappa shape index (κ3) is 2.92. The summed E-state index contributed by atoms with van der Waals surface area (Å²) in [5.74, 6) is 0. The van der Waals surface area contributed by atoms with E-state index in [9.17, 15) is 0 Å². The fourth-order valence-corrected chi connectivity index (χ4v) is 3.20. The van der Waals surface area contributed by atoms with E-state index in [4.69, 9.17) is 0 Å². The Balaban J connectivity index is 1.74. The maximum Gasteiger partial charge on any atom is 0.0953 e. The van der Waals surface area contributed by atoms with E-state index in [1.54, 1.807) is 0 Å². The highest BCUT2D eigenvalue weighted by Gasteiger charge is 2.05. The second-order valence-corrected chi connectivity index (χ2v) is 6.24. The summed E-state index contributed by atoms with van der Waals surface area (Å²) in [6, 6.07) is 9.05. The molecule has 1 aromatic carbocycles. The smallest absolute Gasteiger partial charge is 0.0953 e. The van der Waals surface area contributed by atoms with Crippen LogP contribution in [0.15, 0.2) is 42.2 Å². The van der Waals surface area contributed by atoms with Gasteiger partial charge in [-0.3, -0.25) is 0 Å². The summed E-state index contributed by atoms with van der Waals surface area (Å²) >= 11 is 1.81. The van der Waals surface area contributed by atoms with Crippen molar-refractivity contribution in [2.75, 3.05) is 0 Å². The highest BCUT2D eigenvalue weighted by Crippen LogP contribution is 2.26. The lowest BCUT2D eigenvalue weighted by atomic mass is 10.2. The summed E-state index contributed by atoms with van der Waals surface area (Å²) in [6.07, 6.45) is 4.05. The monoisotopic (exact) mass is 285 g/mol. The molecule has 3 rings (SSSR count). The van der Waals surface area contributed by atoms with Gasteiger partial charge in [-0.15, -0.1) is 11.3 Å². The summed E-state index contributed by atoms with van der Waals surface area (Å²) in [6.45, 7) is 6.01. The van der Waals surface area contributed by atoms with Gasteiger partial charge in [0.25, 0.3) is 0 Å². The van der Waals surface area contributed by atoms with Crippen LogP contribution in [0.3, 0.4) is 0 Å². The van der Waals surface area contributed by atoms with Crippen LogP contribution in [0.25, 0.3) is 10.1 Å². The largest absolute Gasteiger partial charge is 0.333 e. The number of thiophene rings is 1. The van der Waals surface area contributed by atoms with Gasteiger partial charge in [0.1, 0.15) is 0 Å². The predicted octanol–water partition coefficient (Wildman–Crippen LogP) is 3.64. The first-order valence-corrected chi connectivity index (χ1v) is 7.79. The molecule has 0 amide bonds. The lowest BCUT2D eigenvalue weighted by Crippen LogP contribution is -2.21. The summed E-state index contributed by atoms with van der Waals surface area (Å²) in [7, 11) is 0. The molecule has 2 heterocycles. The van der Waals surface area contributed by atoms with E-state index < -0.39 is 0 Å². The fraction of sp³-hybridized carbons (Fsp3) is 0.312. The van der Waals surface area contributed by atoms with Gasteiger partial charge in [0.05, 0.1) is 12.0 Å². The van der Waals surface area contributed by atoms with Gasteiger partial charge < -0.3 is 9.88 Å². The Hall–Kier alpha value is -1.65. The molecule has 0 bridgehead atoms. The van der Waals surface area contributed by atoms with Crippen LogP contribution in [0.4, 0.5) is 0 Å². The first kappa shape index (κ1) is 13.3. The third-order valence-corrected chi connectivity index (χ3v) is 4.30. The molecule has 0 unspecified atom stereocenters. The van der Waals surface area contributed by atoms with E-state index in [0.717, 1.165) is 18.8 Å². The topological polar surface area (TPSA) is 29.9 Å².